The Balaban J connectivity index is 1.92. The highest BCUT2D eigenvalue weighted by Crippen LogP contribution is 2.25. The molecule has 0 aliphatic rings. The van der Waals surface area contributed by atoms with Crippen molar-refractivity contribution >= 4 is 28.2 Å². The minimum absolute atomic E-state index is 0.700. The lowest BCUT2D eigenvalue weighted by Gasteiger charge is -2.10. The summed E-state index contributed by atoms with van der Waals surface area (Å²) in [5.41, 5.74) is 5.42. The summed E-state index contributed by atoms with van der Waals surface area (Å²) in [6.45, 7) is 4.86. The highest BCUT2D eigenvalue weighted by Gasteiger charge is 2.09. The SMILES string of the molecule is Cc1nn(C)c(C)c1CNc1ccnc2cc(Cl)ccc12. The quantitative estimate of drug-likeness (QED) is 0.799. The number of nitrogens with one attached hydrogen (secondary N) is 1. The molecule has 0 radical (unpaired) electrons. The van der Waals surface area contributed by atoms with Gasteiger partial charge in [0.15, 0.2) is 0 Å². The molecule has 0 fully saturated rings. The van der Waals surface area contributed by atoms with Crippen LogP contribution in [-0.4, -0.2) is 14.8 Å². The molecule has 0 spiro atoms. The second-order valence-corrected chi connectivity index (χ2v) is 5.58. The van der Waals surface area contributed by atoms with E-state index >= 15 is 0 Å². The Bertz CT molecular complexity index is 807. The average Bonchev–Trinajstić information content (AvgIpc) is 2.70. The number of benzene rings is 1. The van der Waals surface area contributed by atoms with Gasteiger partial charge in [-0.3, -0.25) is 9.67 Å². The molecule has 108 valence electrons. The van der Waals surface area contributed by atoms with E-state index in [0.717, 1.165) is 28.8 Å². The fourth-order valence-electron chi connectivity index (χ4n) is 2.53. The number of anilines is 1. The van der Waals surface area contributed by atoms with Crippen LogP contribution in [0.25, 0.3) is 10.9 Å². The van der Waals surface area contributed by atoms with Gasteiger partial charge in [0.1, 0.15) is 0 Å². The summed E-state index contributed by atoms with van der Waals surface area (Å²) in [5.74, 6) is 0. The van der Waals surface area contributed by atoms with Crippen LogP contribution in [0.4, 0.5) is 5.69 Å². The van der Waals surface area contributed by atoms with E-state index in [1.54, 1.807) is 6.20 Å². The molecule has 0 bridgehead atoms. The topological polar surface area (TPSA) is 42.7 Å². The number of hydrogen-bond donors (Lipinski definition) is 1. The Morgan fingerprint density at radius 1 is 1.24 bits per heavy atom. The molecule has 2 aromatic heterocycles. The number of nitrogens with zero attached hydrogens (tertiary/aromatic N) is 3. The summed E-state index contributed by atoms with van der Waals surface area (Å²) in [6.07, 6.45) is 1.80. The van der Waals surface area contributed by atoms with Crippen molar-refractivity contribution in [1.82, 2.24) is 14.8 Å². The summed E-state index contributed by atoms with van der Waals surface area (Å²) in [5, 5.41) is 9.70. The maximum Gasteiger partial charge on any atom is 0.0737 e. The lowest BCUT2D eigenvalue weighted by Crippen LogP contribution is -2.03. The molecule has 0 saturated carbocycles. The highest BCUT2D eigenvalue weighted by atomic mass is 35.5. The normalized spacial score (nSPS) is 11.0. The lowest BCUT2D eigenvalue weighted by molar-refractivity contribution is 0.730. The van der Waals surface area contributed by atoms with Crippen molar-refractivity contribution in [3.05, 3.63) is 52.4 Å². The average molecular weight is 301 g/mol. The van der Waals surface area contributed by atoms with Crippen LogP contribution in [0.3, 0.4) is 0 Å². The molecule has 0 aliphatic carbocycles. The number of fused-ring (bicyclic) bond motifs is 1. The third-order valence-electron chi connectivity index (χ3n) is 3.82. The van der Waals surface area contributed by atoms with Gasteiger partial charge in [0.25, 0.3) is 0 Å². The molecule has 21 heavy (non-hydrogen) atoms. The first-order chi connectivity index (χ1) is 10.1. The van der Waals surface area contributed by atoms with Crippen LogP contribution in [0.5, 0.6) is 0 Å². The Morgan fingerprint density at radius 3 is 2.76 bits per heavy atom. The summed E-state index contributed by atoms with van der Waals surface area (Å²) >= 11 is 6.02. The van der Waals surface area contributed by atoms with E-state index < -0.39 is 0 Å². The van der Waals surface area contributed by atoms with Crippen molar-refractivity contribution in [3.8, 4) is 0 Å². The van der Waals surface area contributed by atoms with E-state index in [9.17, 15) is 0 Å². The predicted octanol–water partition coefficient (Wildman–Crippen LogP) is 3.85. The van der Waals surface area contributed by atoms with Gasteiger partial charge in [-0.25, -0.2) is 0 Å². The highest BCUT2D eigenvalue weighted by molar-refractivity contribution is 6.31. The first-order valence-electron chi connectivity index (χ1n) is 6.83. The van der Waals surface area contributed by atoms with Crippen LogP contribution in [-0.2, 0) is 13.6 Å². The zero-order valence-electron chi connectivity index (χ0n) is 12.3. The Labute approximate surface area is 128 Å². The summed E-state index contributed by atoms with van der Waals surface area (Å²) in [4.78, 5) is 4.36. The zero-order valence-corrected chi connectivity index (χ0v) is 13.1. The van der Waals surface area contributed by atoms with Crippen molar-refractivity contribution < 1.29 is 0 Å². The van der Waals surface area contributed by atoms with Gasteiger partial charge >= 0.3 is 0 Å². The predicted molar refractivity (Wildman–Crippen MR) is 86.8 cm³/mol. The smallest absolute Gasteiger partial charge is 0.0737 e. The van der Waals surface area contributed by atoms with Gasteiger partial charge in [-0.05, 0) is 38.1 Å². The second-order valence-electron chi connectivity index (χ2n) is 5.15. The van der Waals surface area contributed by atoms with Gasteiger partial charge in [-0.15, -0.1) is 0 Å². The molecule has 0 amide bonds. The van der Waals surface area contributed by atoms with E-state index in [2.05, 4.69) is 22.3 Å². The minimum Gasteiger partial charge on any atom is -0.380 e. The molecule has 1 N–H and O–H groups in total. The van der Waals surface area contributed by atoms with Crippen LogP contribution >= 0.6 is 11.6 Å². The fraction of sp³-hybridized carbons (Fsp3) is 0.250. The standard InChI is InChI=1S/C16H17ClN4/c1-10-14(11(2)21(3)20-10)9-19-15-6-7-18-16-8-12(17)4-5-13(15)16/h4-8H,9H2,1-3H3,(H,18,19). The van der Waals surface area contributed by atoms with E-state index in [0.29, 0.717) is 5.02 Å². The zero-order chi connectivity index (χ0) is 15.0. The van der Waals surface area contributed by atoms with Gasteiger partial charge in [-0.1, -0.05) is 11.6 Å². The third kappa shape index (κ3) is 2.59. The number of hydrogen-bond acceptors (Lipinski definition) is 3. The molecule has 0 unspecified atom stereocenters. The number of rotatable bonds is 3. The molecule has 0 atom stereocenters. The lowest BCUT2D eigenvalue weighted by atomic mass is 10.1. The van der Waals surface area contributed by atoms with Gasteiger partial charge in [0.2, 0.25) is 0 Å². The maximum atomic E-state index is 6.02. The van der Waals surface area contributed by atoms with Gasteiger partial charge in [0, 0.05) is 47.1 Å². The van der Waals surface area contributed by atoms with E-state index in [1.165, 1.54) is 11.3 Å². The number of aromatic nitrogens is 3. The van der Waals surface area contributed by atoms with E-state index in [1.807, 2.05) is 42.9 Å². The van der Waals surface area contributed by atoms with E-state index in [-0.39, 0.29) is 0 Å². The molecule has 3 aromatic rings. The first-order valence-corrected chi connectivity index (χ1v) is 7.21. The first kappa shape index (κ1) is 13.9. The van der Waals surface area contributed by atoms with Crippen LogP contribution in [0, 0.1) is 13.8 Å². The Kier molecular flexibility index (Phi) is 3.55. The van der Waals surface area contributed by atoms with Crippen LogP contribution < -0.4 is 5.32 Å². The molecule has 2 heterocycles. The Hall–Kier alpha value is -2.07. The summed E-state index contributed by atoms with van der Waals surface area (Å²) in [7, 11) is 1.97. The monoisotopic (exact) mass is 300 g/mol. The van der Waals surface area contributed by atoms with Crippen molar-refractivity contribution in [2.24, 2.45) is 7.05 Å². The molecular weight excluding hydrogens is 284 g/mol. The number of halogens is 1. The summed E-state index contributed by atoms with van der Waals surface area (Å²) < 4.78 is 1.91. The molecule has 0 aliphatic heterocycles. The van der Waals surface area contributed by atoms with Crippen molar-refractivity contribution in [2.75, 3.05) is 5.32 Å². The molecule has 3 rings (SSSR count). The second kappa shape index (κ2) is 5.37. The fourth-order valence-corrected chi connectivity index (χ4v) is 2.70. The van der Waals surface area contributed by atoms with Crippen molar-refractivity contribution in [1.29, 1.82) is 0 Å². The van der Waals surface area contributed by atoms with Crippen LogP contribution in [0.15, 0.2) is 30.5 Å². The molecule has 1 aromatic carbocycles. The van der Waals surface area contributed by atoms with Crippen molar-refractivity contribution in [3.63, 3.8) is 0 Å². The molecule has 0 saturated heterocycles. The molecule has 4 nitrogen and oxygen atoms in total. The largest absolute Gasteiger partial charge is 0.380 e. The number of pyridine rings is 1. The maximum absolute atomic E-state index is 6.02. The number of aryl methyl sites for hydroxylation is 2. The van der Waals surface area contributed by atoms with Gasteiger partial charge in [0.05, 0.1) is 11.2 Å². The minimum atomic E-state index is 0.700. The van der Waals surface area contributed by atoms with Crippen LogP contribution in [0.1, 0.15) is 17.0 Å². The third-order valence-corrected chi connectivity index (χ3v) is 4.05. The van der Waals surface area contributed by atoms with Crippen LogP contribution in [0.2, 0.25) is 5.02 Å². The molecule has 5 heteroatoms. The van der Waals surface area contributed by atoms with Crippen molar-refractivity contribution in [2.45, 2.75) is 20.4 Å². The summed E-state index contributed by atoms with van der Waals surface area (Å²) in [6, 6.07) is 7.74. The van der Waals surface area contributed by atoms with E-state index in [4.69, 9.17) is 11.6 Å². The van der Waals surface area contributed by atoms with Gasteiger partial charge in [-0.2, -0.15) is 5.10 Å². The molecular formula is C16H17ClN4. The Morgan fingerprint density at radius 2 is 2.05 bits per heavy atom. The van der Waals surface area contributed by atoms with Gasteiger partial charge < -0.3 is 5.32 Å².